The molecule has 18 heavy (non-hydrogen) atoms. The molecule has 0 aliphatic rings. The van der Waals surface area contributed by atoms with Crippen LogP contribution in [0.25, 0.3) is 0 Å². The summed E-state index contributed by atoms with van der Waals surface area (Å²) in [4.78, 5) is 4.68. The second kappa shape index (κ2) is 7.32. The summed E-state index contributed by atoms with van der Waals surface area (Å²) >= 11 is 0. The molecule has 0 amide bonds. The maximum atomic E-state index is 4.68. The molecule has 1 aromatic carbocycles. The van der Waals surface area contributed by atoms with E-state index in [0.29, 0.717) is 6.04 Å². The van der Waals surface area contributed by atoms with Crippen LogP contribution in [-0.4, -0.2) is 42.9 Å². The highest BCUT2D eigenvalue weighted by atomic mass is 15.3. The van der Waals surface area contributed by atoms with Crippen molar-refractivity contribution in [1.82, 2.24) is 0 Å². The number of aliphatic imine (C=N–C) groups is 1. The van der Waals surface area contributed by atoms with Gasteiger partial charge in [0.15, 0.2) is 0 Å². The fourth-order valence-corrected chi connectivity index (χ4v) is 2.42. The normalized spacial score (nSPS) is 14.0. The van der Waals surface area contributed by atoms with E-state index in [1.54, 1.807) is 0 Å². The summed E-state index contributed by atoms with van der Waals surface area (Å²) in [5, 5.41) is 0. The second-order valence-electron chi connectivity index (χ2n) is 5.01. The van der Waals surface area contributed by atoms with Gasteiger partial charge in [-0.15, -0.1) is 0 Å². The van der Waals surface area contributed by atoms with E-state index in [1.165, 1.54) is 25.2 Å². The third-order valence-electron chi connectivity index (χ3n) is 3.94. The molecule has 0 saturated heterocycles. The molecule has 1 unspecified atom stereocenters. The molecule has 0 fully saturated rings. The zero-order chi connectivity index (χ0) is 13.4. The highest BCUT2D eigenvalue weighted by Gasteiger charge is 2.23. The Morgan fingerprint density at radius 1 is 1.06 bits per heavy atom. The zero-order valence-corrected chi connectivity index (χ0v) is 12.3. The van der Waals surface area contributed by atoms with Crippen LogP contribution in [0, 0.1) is 0 Å². The van der Waals surface area contributed by atoms with Crippen molar-refractivity contribution in [2.24, 2.45) is 4.99 Å². The molecular formula is C16H27N2+. The number of hydrogen-bond donors (Lipinski definition) is 0. The summed E-state index contributed by atoms with van der Waals surface area (Å²) < 4.78 is 1.16. The fraction of sp³-hybridized carbons (Fsp3) is 0.562. The summed E-state index contributed by atoms with van der Waals surface area (Å²) in [6.07, 6.45) is 2.00. The maximum Gasteiger partial charge on any atom is 0.101 e. The van der Waals surface area contributed by atoms with Gasteiger partial charge in [0.05, 0.1) is 25.7 Å². The van der Waals surface area contributed by atoms with Crippen molar-refractivity contribution in [2.75, 3.05) is 26.2 Å². The Balaban J connectivity index is 2.60. The molecule has 0 aromatic heterocycles. The van der Waals surface area contributed by atoms with Crippen molar-refractivity contribution in [3.05, 3.63) is 35.9 Å². The molecule has 2 heteroatoms. The van der Waals surface area contributed by atoms with Gasteiger partial charge in [-0.1, -0.05) is 30.3 Å². The minimum Gasteiger partial charge on any atom is -0.323 e. The van der Waals surface area contributed by atoms with Crippen LogP contribution in [0.1, 0.15) is 33.3 Å². The van der Waals surface area contributed by atoms with Gasteiger partial charge in [-0.25, -0.2) is 0 Å². The first kappa shape index (κ1) is 14.9. The molecule has 0 N–H and O–H groups in total. The van der Waals surface area contributed by atoms with E-state index in [2.05, 4.69) is 57.0 Å². The van der Waals surface area contributed by atoms with Crippen molar-refractivity contribution in [1.29, 1.82) is 0 Å². The number of nitrogens with zero attached hydrogens (tertiary/aromatic N) is 2. The number of quaternary nitrogens is 1. The predicted octanol–water partition coefficient (Wildman–Crippen LogP) is 3.37. The molecule has 0 bridgehead atoms. The lowest BCUT2D eigenvalue weighted by Crippen LogP contribution is -2.51. The Morgan fingerprint density at radius 2 is 1.61 bits per heavy atom. The lowest BCUT2D eigenvalue weighted by molar-refractivity contribution is -0.923. The van der Waals surface area contributed by atoms with E-state index < -0.39 is 0 Å². The van der Waals surface area contributed by atoms with Crippen LogP contribution in [0.15, 0.2) is 35.3 Å². The lowest BCUT2D eigenvalue weighted by Gasteiger charge is -2.37. The smallest absolute Gasteiger partial charge is 0.101 e. The van der Waals surface area contributed by atoms with E-state index in [4.69, 9.17) is 0 Å². The van der Waals surface area contributed by atoms with Crippen LogP contribution >= 0.6 is 0 Å². The second-order valence-corrected chi connectivity index (χ2v) is 5.01. The van der Waals surface area contributed by atoms with Crippen molar-refractivity contribution in [2.45, 2.75) is 33.7 Å². The lowest BCUT2D eigenvalue weighted by atomic mass is 10.2. The molecule has 2 nitrogen and oxygen atoms in total. The number of hydrogen-bond acceptors (Lipinski definition) is 1. The Bertz CT molecular complexity index is 344. The van der Waals surface area contributed by atoms with Gasteiger partial charge >= 0.3 is 0 Å². The Labute approximate surface area is 112 Å². The van der Waals surface area contributed by atoms with E-state index in [0.717, 1.165) is 11.0 Å². The summed E-state index contributed by atoms with van der Waals surface area (Å²) in [6, 6.07) is 10.7. The number of rotatable bonds is 7. The Kier molecular flexibility index (Phi) is 6.06. The van der Waals surface area contributed by atoms with Crippen LogP contribution < -0.4 is 0 Å². The van der Waals surface area contributed by atoms with Gasteiger partial charge in [-0.05, 0) is 33.3 Å². The van der Waals surface area contributed by atoms with Crippen LogP contribution in [0.3, 0.4) is 0 Å². The predicted molar refractivity (Wildman–Crippen MR) is 80.2 cm³/mol. The monoisotopic (exact) mass is 247 g/mol. The Hall–Kier alpha value is -1.15. The van der Waals surface area contributed by atoms with Crippen molar-refractivity contribution >= 4 is 6.21 Å². The quantitative estimate of drug-likeness (QED) is 0.517. The minimum absolute atomic E-state index is 0.380. The summed E-state index contributed by atoms with van der Waals surface area (Å²) in [5.74, 6) is 0. The van der Waals surface area contributed by atoms with E-state index >= 15 is 0 Å². The minimum atomic E-state index is 0.380. The average Bonchev–Trinajstić information content (AvgIpc) is 2.44. The molecule has 0 aliphatic heterocycles. The molecule has 0 heterocycles. The molecule has 0 saturated carbocycles. The van der Waals surface area contributed by atoms with Gasteiger partial charge in [-0.3, -0.25) is 4.99 Å². The summed E-state index contributed by atoms with van der Waals surface area (Å²) in [5.41, 5.74) is 1.19. The largest absolute Gasteiger partial charge is 0.323 e. The standard InChI is InChI=1S/C16H27N2/c1-5-18(6-2,7-3)14-15(4)17-13-16-11-9-8-10-12-16/h8-13,15H,5-7,14H2,1-4H3/q+1/b17-13+. The van der Waals surface area contributed by atoms with Crippen molar-refractivity contribution in [3.63, 3.8) is 0 Å². The first-order valence-corrected chi connectivity index (χ1v) is 7.09. The van der Waals surface area contributed by atoms with Gasteiger partial charge in [-0.2, -0.15) is 0 Å². The molecule has 1 atom stereocenters. The van der Waals surface area contributed by atoms with Gasteiger partial charge in [0, 0.05) is 6.21 Å². The molecule has 0 radical (unpaired) electrons. The highest BCUT2D eigenvalue weighted by Crippen LogP contribution is 2.09. The van der Waals surface area contributed by atoms with Crippen LogP contribution in [0.4, 0.5) is 0 Å². The van der Waals surface area contributed by atoms with Crippen LogP contribution in [-0.2, 0) is 0 Å². The van der Waals surface area contributed by atoms with Gasteiger partial charge in [0.25, 0.3) is 0 Å². The SMILES string of the molecule is CC[N+](CC)(CC)CC(C)/N=C/c1ccccc1. The number of likely N-dealkylation sites (N-methyl/N-ethyl adjacent to an activating group) is 1. The average molecular weight is 247 g/mol. The van der Waals surface area contributed by atoms with Crippen LogP contribution in [0.5, 0.6) is 0 Å². The summed E-state index contributed by atoms with van der Waals surface area (Å²) in [6.45, 7) is 13.8. The molecule has 0 spiro atoms. The number of benzene rings is 1. The topological polar surface area (TPSA) is 12.4 Å². The van der Waals surface area contributed by atoms with Gasteiger partial charge in [0.1, 0.15) is 6.54 Å². The van der Waals surface area contributed by atoms with Crippen LogP contribution in [0.2, 0.25) is 0 Å². The molecule has 0 aliphatic carbocycles. The van der Waals surface area contributed by atoms with E-state index in [-0.39, 0.29) is 0 Å². The molecule has 1 aromatic rings. The highest BCUT2D eigenvalue weighted by molar-refractivity contribution is 5.79. The van der Waals surface area contributed by atoms with Crippen molar-refractivity contribution in [3.8, 4) is 0 Å². The van der Waals surface area contributed by atoms with E-state index in [1.807, 2.05) is 12.3 Å². The van der Waals surface area contributed by atoms with Gasteiger partial charge in [0.2, 0.25) is 0 Å². The molecular weight excluding hydrogens is 220 g/mol. The molecule has 1 rings (SSSR count). The van der Waals surface area contributed by atoms with Gasteiger partial charge < -0.3 is 4.48 Å². The summed E-state index contributed by atoms with van der Waals surface area (Å²) in [7, 11) is 0. The third-order valence-corrected chi connectivity index (χ3v) is 3.94. The zero-order valence-electron chi connectivity index (χ0n) is 12.3. The maximum absolute atomic E-state index is 4.68. The van der Waals surface area contributed by atoms with E-state index in [9.17, 15) is 0 Å². The molecule has 100 valence electrons. The fourth-order valence-electron chi connectivity index (χ4n) is 2.42. The Morgan fingerprint density at radius 3 is 2.11 bits per heavy atom. The first-order valence-electron chi connectivity index (χ1n) is 7.09. The first-order chi connectivity index (χ1) is 8.65. The van der Waals surface area contributed by atoms with Crippen molar-refractivity contribution < 1.29 is 4.48 Å². The third kappa shape index (κ3) is 4.26.